The van der Waals surface area contributed by atoms with E-state index in [4.69, 9.17) is 4.74 Å². The molecule has 0 saturated heterocycles. The van der Waals surface area contributed by atoms with E-state index in [1.165, 1.54) is 11.8 Å². The van der Waals surface area contributed by atoms with Crippen LogP contribution < -0.4 is 10.1 Å². The molecule has 0 unspecified atom stereocenters. The van der Waals surface area contributed by atoms with E-state index in [1.54, 1.807) is 0 Å². The number of nitrogens with one attached hydrogen (secondary N) is 2. The molecule has 2 N–H and O–H groups in total. The molecule has 0 bridgehead atoms. The smallest absolute Gasteiger partial charge is 0.234 e. The molecule has 27 heavy (non-hydrogen) atoms. The third kappa shape index (κ3) is 6.00. The van der Waals surface area contributed by atoms with Crippen LogP contribution in [0.4, 0.5) is 5.69 Å². The number of thioether (sulfide) groups is 1. The molecule has 0 aliphatic rings. The minimum Gasteiger partial charge on any atom is -0.494 e. The number of aromatic amines is 1. The molecule has 7 heteroatoms. The van der Waals surface area contributed by atoms with Crippen molar-refractivity contribution in [2.75, 3.05) is 17.7 Å². The highest BCUT2D eigenvalue weighted by Gasteiger charge is 2.07. The van der Waals surface area contributed by atoms with E-state index in [2.05, 4.69) is 20.5 Å². The zero-order chi connectivity index (χ0) is 18.9. The van der Waals surface area contributed by atoms with Gasteiger partial charge in [0.25, 0.3) is 0 Å². The van der Waals surface area contributed by atoms with Gasteiger partial charge in [-0.15, -0.1) is 5.10 Å². The molecule has 0 aliphatic heterocycles. The molecule has 1 amide bonds. The maximum atomic E-state index is 12.1. The molecule has 0 fully saturated rings. The number of rotatable bonds is 8. The fourth-order valence-corrected chi connectivity index (χ4v) is 2.87. The summed E-state index contributed by atoms with van der Waals surface area (Å²) < 4.78 is 5.38. The minimum absolute atomic E-state index is 0.115. The van der Waals surface area contributed by atoms with Gasteiger partial charge in [0.1, 0.15) is 11.6 Å². The second kappa shape index (κ2) is 9.59. The number of nitrogens with zero attached hydrogens (tertiary/aromatic N) is 2. The number of hydrogen-bond donors (Lipinski definition) is 2. The predicted molar refractivity (Wildman–Crippen MR) is 109 cm³/mol. The summed E-state index contributed by atoms with van der Waals surface area (Å²) in [4.78, 5) is 16.4. The minimum atomic E-state index is -0.115. The van der Waals surface area contributed by atoms with Crippen LogP contribution in [-0.4, -0.2) is 33.4 Å². The van der Waals surface area contributed by atoms with Gasteiger partial charge in [-0.05, 0) is 42.8 Å². The lowest BCUT2D eigenvalue weighted by Gasteiger charge is -2.06. The van der Waals surface area contributed by atoms with Crippen molar-refractivity contribution in [3.63, 3.8) is 0 Å². The molecule has 6 nitrogen and oxygen atoms in total. The zero-order valence-corrected chi connectivity index (χ0v) is 15.7. The maximum absolute atomic E-state index is 12.1. The first kappa shape index (κ1) is 18.7. The van der Waals surface area contributed by atoms with Gasteiger partial charge in [-0.25, -0.2) is 4.98 Å². The van der Waals surface area contributed by atoms with E-state index < -0.39 is 0 Å². The summed E-state index contributed by atoms with van der Waals surface area (Å²) in [5.41, 5.74) is 1.81. The normalized spacial score (nSPS) is 10.9. The summed E-state index contributed by atoms with van der Waals surface area (Å²) in [5, 5.41) is 10.3. The van der Waals surface area contributed by atoms with Gasteiger partial charge in [0, 0.05) is 5.69 Å². The number of carbonyl (C=O) groups is 1. The SMILES string of the molecule is CCOc1ccc(NC(=O)CSc2n[nH]c(/C=C/c3ccccc3)n2)cc1. The average molecular weight is 380 g/mol. The third-order valence-electron chi connectivity index (χ3n) is 3.50. The number of hydrogen-bond acceptors (Lipinski definition) is 5. The standard InChI is InChI=1S/C20H20N4O2S/c1-2-26-17-11-9-16(10-12-17)21-19(25)14-27-20-22-18(23-24-20)13-8-15-6-4-3-5-7-15/h3-13H,2,14H2,1H3,(H,21,25)(H,22,23,24)/b13-8+. The summed E-state index contributed by atoms with van der Waals surface area (Å²) in [7, 11) is 0. The highest BCUT2D eigenvalue weighted by atomic mass is 32.2. The van der Waals surface area contributed by atoms with Gasteiger partial charge >= 0.3 is 0 Å². The van der Waals surface area contributed by atoms with E-state index in [0.29, 0.717) is 17.6 Å². The Morgan fingerprint density at radius 2 is 1.93 bits per heavy atom. The first-order valence-corrected chi connectivity index (χ1v) is 9.52. The summed E-state index contributed by atoms with van der Waals surface area (Å²) in [5.74, 6) is 1.54. The number of benzene rings is 2. The topological polar surface area (TPSA) is 79.9 Å². The quantitative estimate of drug-likeness (QED) is 0.575. The number of amides is 1. The Morgan fingerprint density at radius 1 is 1.15 bits per heavy atom. The van der Waals surface area contributed by atoms with Crippen molar-refractivity contribution in [2.45, 2.75) is 12.1 Å². The van der Waals surface area contributed by atoms with Gasteiger partial charge in [-0.3, -0.25) is 9.89 Å². The van der Waals surface area contributed by atoms with Crippen LogP contribution in [0, 0.1) is 0 Å². The average Bonchev–Trinajstić information content (AvgIpc) is 3.15. The van der Waals surface area contributed by atoms with E-state index in [9.17, 15) is 4.79 Å². The zero-order valence-electron chi connectivity index (χ0n) is 14.9. The summed E-state index contributed by atoms with van der Waals surface area (Å²) in [6.07, 6.45) is 3.81. The highest BCUT2D eigenvalue weighted by Crippen LogP contribution is 2.17. The molecule has 0 radical (unpaired) electrons. The Kier molecular flexibility index (Phi) is 6.65. The molecule has 0 saturated carbocycles. The Balaban J connectivity index is 1.47. The Bertz CT molecular complexity index is 892. The first-order valence-electron chi connectivity index (χ1n) is 8.54. The molecule has 1 heterocycles. The van der Waals surface area contributed by atoms with Crippen molar-refractivity contribution >= 4 is 35.5 Å². The molecular weight excluding hydrogens is 360 g/mol. The third-order valence-corrected chi connectivity index (χ3v) is 4.34. The molecule has 3 aromatic rings. The van der Waals surface area contributed by atoms with Crippen molar-refractivity contribution in [2.24, 2.45) is 0 Å². The molecule has 0 aliphatic carbocycles. The predicted octanol–water partition coefficient (Wildman–Crippen LogP) is 4.10. The van der Waals surface area contributed by atoms with Crippen LogP contribution in [0.3, 0.4) is 0 Å². The highest BCUT2D eigenvalue weighted by molar-refractivity contribution is 7.99. The number of carbonyl (C=O) groups excluding carboxylic acids is 1. The Hall–Kier alpha value is -3.06. The van der Waals surface area contributed by atoms with E-state index >= 15 is 0 Å². The second-order valence-corrected chi connectivity index (χ2v) is 6.48. The fraction of sp³-hybridized carbons (Fsp3) is 0.150. The van der Waals surface area contributed by atoms with Crippen molar-refractivity contribution in [1.82, 2.24) is 15.2 Å². The van der Waals surface area contributed by atoms with E-state index in [1.807, 2.05) is 73.7 Å². The Labute approximate surface area is 162 Å². The first-order chi connectivity index (χ1) is 13.2. The van der Waals surface area contributed by atoms with Crippen LogP contribution in [0.5, 0.6) is 5.75 Å². The van der Waals surface area contributed by atoms with Gasteiger partial charge in [-0.2, -0.15) is 0 Å². The number of aromatic nitrogens is 3. The van der Waals surface area contributed by atoms with Crippen LogP contribution in [-0.2, 0) is 4.79 Å². The molecule has 0 spiro atoms. The van der Waals surface area contributed by atoms with Crippen LogP contribution >= 0.6 is 11.8 Å². The largest absolute Gasteiger partial charge is 0.494 e. The van der Waals surface area contributed by atoms with Crippen LogP contribution in [0.2, 0.25) is 0 Å². The van der Waals surface area contributed by atoms with Crippen molar-refractivity contribution in [3.8, 4) is 5.75 Å². The summed E-state index contributed by atoms with van der Waals surface area (Å²) in [6, 6.07) is 17.2. The lowest BCUT2D eigenvalue weighted by molar-refractivity contribution is -0.113. The van der Waals surface area contributed by atoms with Crippen LogP contribution in [0.25, 0.3) is 12.2 Å². The monoisotopic (exact) mass is 380 g/mol. The van der Waals surface area contributed by atoms with E-state index in [-0.39, 0.29) is 11.7 Å². The molecule has 138 valence electrons. The molecule has 3 rings (SSSR count). The molecular formula is C20H20N4O2S. The van der Waals surface area contributed by atoms with Crippen molar-refractivity contribution in [1.29, 1.82) is 0 Å². The fourth-order valence-electron chi connectivity index (χ4n) is 2.26. The Morgan fingerprint density at radius 3 is 2.67 bits per heavy atom. The maximum Gasteiger partial charge on any atom is 0.234 e. The van der Waals surface area contributed by atoms with Crippen LogP contribution in [0.15, 0.2) is 59.8 Å². The number of ether oxygens (including phenoxy) is 1. The molecule has 0 atom stereocenters. The second-order valence-electron chi connectivity index (χ2n) is 5.54. The lowest BCUT2D eigenvalue weighted by atomic mass is 10.2. The molecule has 2 aromatic carbocycles. The number of anilines is 1. The van der Waals surface area contributed by atoms with Crippen molar-refractivity contribution in [3.05, 3.63) is 66.0 Å². The van der Waals surface area contributed by atoms with Gasteiger partial charge in [-0.1, -0.05) is 48.2 Å². The van der Waals surface area contributed by atoms with Gasteiger partial charge in [0.15, 0.2) is 0 Å². The van der Waals surface area contributed by atoms with Gasteiger partial charge in [0.2, 0.25) is 11.1 Å². The van der Waals surface area contributed by atoms with Gasteiger partial charge < -0.3 is 10.1 Å². The van der Waals surface area contributed by atoms with Gasteiger partial charge in [0.05, 0.1) is 12.4 Å². The molecule has 1 aromatic heterocycles. The van der Waals surface area contributed by atoms with Crippen LogP contribution in [0.1, 0.15) is 18.3 Å². The van der Waals surface area contributed by atoms with Crippen molar-refractivity contribution < 1.29 is 9.53 Å². The summed E-state index contributed by atoms with van der Waals surface area (Å²) in [6.45, 7) is 2.54. The van der Waals surface area contributed by atoms with E-state index in [0.717, 1.165) is 17.0 Å². The summed E-state index contributed by atoms with van der Waals surface area (Å²) >= 11 is 1.28. The lowest BCUT2D eigenvalue weighted by Crippen LogP contribution is -2.14. The number of H-pyrrole nitrogens is 1.